The third-order valence-electron chi connectivity index (χ3n) is 8.42. The normalized spacial score (nSPS) is 46.5. The molecule has 1 aliphatic heterocycles. The van der Waals surface area contributed by atoms with Crippen molar-refractivity contribution in [2.75, 3.05) is 6.61 Å². The molecule has 0 N–H and O–H groups in total. The fourth-order valence-electron chi connectivity index (χ4n) is 7.20. The van der Waals surface area contributed by atoms with Gasteiger partial charge in [0.2, 0.25) is 0 Å². The van der Waals surface area contributed by atoms with Crippen molar-refractivity contribution >= 4 is 5.78 Å². The number of fused-ring (bicyclic) bond motifs is 3. The molecule has 1 heterocycles. The lowest BCUT2D eigenvalue weighted by molar-refractivity contribution is -0.158. The van der Waals surface area contributed by atoms with Crippen molar-refractivity contribution in [1.29, 1.82) is 0 Å². The molecular weight excluding hydrogens is 308 g/mol. The van der Waals surface area contributed by atoms with Gasteiger partial charge in [0, 0.05) is 18.4 Å². The van der Waals surface area contributed by atoms with Crippen LogP contribution in [0, 0.1) is 29.1 Å². The molecule has 0 bridgehead atoms. The van der Waals surface area contributed by atoms with Gasteiger partial charge in [-0.1, -0.05) is 32.4 Å². The molecule has 4 rings (SSSR count). The Morgan fingerprint density at radius 3 is 2.76 bits per heavy atom. The van der Waals surface area contributed by atoms with Gasteiger partial charge < -0.3 is 4.74 Å². The van der Waals surface area contributed by atoms with Crippen molar-refractivity contribution in [2.24, 2.45) is 29.1 Å². The number of carbonyl (C=O) groups is 1. The molecule has 0 spiro atoms. The second-order valence-corrected chi connectivity index (χ2v) is 9.10. The van der Waals surface area contributed by atoms with E-state index < -0.39 is 0 Å². The van der Waals surface area contributed by atoms with E-state index in [-0.39, 0.29) is 5.60 Å². The van der Waals surface area contributed by atoms with Crippen LogP contribution in [0.3, 0.4) is 0 Å². The molecule has 0 aromatic rings. The van der Waals surface area contributed by atoms with Gasteiger partial charge in [0.1, 0.15) is 0 Å². The third kappa shape index (κ3) is 2.51. The van der Waals surface area contributed by atoms with Crippen LogP contribution in [-0.4, -0.2) is 18.0 Å². The quantitative estimate of drug-likeness (QED) is 0.679. The SMILES string of the molecule is CC[C@H]1[C@@H]2C=CC3=CC(=O)CC[C@@H]3[C@H]2CC[C@]1(CC)[C@@]1(C)CCCO1. The van der Waals surface area contributed by atoms with Crippen LogP contribution in [0.4, 0.5) is 0 Å². The number of hydrogen-bond donors (Lipinski definition) is 0. The van der Waals surface area contributed by atoms with Crippen molar-refractivity contribution in [2.45, 2.75) is 77.7 Å². The molecule has 0 aromatic carbocycles. The van der Waals surface area contributed by atoms with Gasteiger partial charge in [-0.15, -0.1) is 0 Å². The molecule has 0 amide bonds. The molecule has 4 aliphatic rings. The highest BCUT2D eigenvalue weighted by Crippen LogP contribution is 2.62. The Morgan fingerprint density at radius 2 is 2.08 bits per heavy atom. The fraction of sp³-hybridized carbons (Fsp3) is 0.783. The van der Waals surface area contributed by atoms with Gasteiger partial charge >= 0.3 is 0 Å². The average molecular weight is 343 g/mol. The molecule has 138 valence electrons. The van der Waals surface area contributed by atoms with E-state index >= 15 is 0 Å². The van der Waals surface area contributed by atoms with Crippen molar-refractivity contribution in [3.63, 3.8) is 0 Å². The summed E-state index contributed by atoms with van der Waals surface area (Å²) in [5.41, 5.74) is 1.69. The highest BCUT2D eigenvalue weighted by Gasteiger charge is 2.59. The second kappa shape index (κ2) is 6.37. The number of ether oxygens (including phenoxy) is 1. The summed E-state index contributed by atoms with van der Waals surface area (Å²) in [5.74, 6) is 3.05. The van der Waals surface area contributed by atoms with E-state index in [4.69, 9.17) is 4.74 Å². The smallest absolute Gasteiger partial charge is 0.155 e. The lowest BCUT2D eigenvalue weighted by atomic mass is 9.47. The van der Waals surface area contributed by atoms with Crippen LogP contribution in [-0.2, 0) is 9.53 Å². The van der Waals surface area contributed by atoms with Crippen LogP contribution in [0.5, 0.6) is 0 Å². The Labute approximate surface area is 153 Å². The van der Waals surface area contributed by atoms with E-state index in [0.717, 1.165) is 25.4 Å². The van der Waals surface area contributed by atoms with Crippen LogP contribution >= 0.6 is 0 Å². The fourth-order valence-corrected chi connectivity index (χ4v) is 7.20. The van der Waals surface area contributed by atoms with Crippen LogP contribution in [0.15, 0.2) is 23.8 Å². The maximum atomic E-state index is 11.8. The van der Waals surface area contributed by atoms with Crippen molar-refractivity contribution in [3.05, 3.63) is 23.8 Å². The van der Waals surface area contributed by atoms with Crippen LogP contribution in [0.1, 0.15) is 72.1 Å². The number of ketones is 1. The third-order valence-corrected chi connectivity index (χ3v) is 8.42. The van der Waals surface area contributed by atoms with E-state index in [0.29, 0.717) is 29.0 Å². The van der Waals surface area contributed by atoms with E-state index in [1.54, 1.807) is 0 Å². The molecule has 3 aliphatic carbocycles. The highest BCUT2D eigenvalue weighted by molar-refractivity contribution is 5.91. The summed E-state index contributed by atoms with van der Waals surface area (Å²) in [6.07, 6.45) is 16.0. The zero-order valence-electron chi connectivity index (χ0n) is 16.2. The molecule has 1 saturated carbocycles. The molecular formula is C23H34O2. The Kier molecular flexibility index (Phi) is 4.46. The molecule has 2 fully saturated rings. The number of rotatable bonds is 3. The second-order valence-electron chi connectivity index (χ2n) is 9.10. The summed E-state index contributed by atoms with van der Waals surface area (Å²) in [5, 5.41) is 0. The number of carbonyl (C=O) groups excluding carboxylic acids is 1. The Hall–Kier alpha value is -0.890. The van der Waals surface area contributed by atoms with Gasteiger partial charge in [-0.05, 0) is 80.8 Å². The van der Waals surface area contributed by atoms with Crippen molar-refractivity contribution in [3.8, 4) is 0 Å². The van der Waals surface area contributed by atoms with Gasteiger partial charge in [-0.2, -0.15) is 0 Å². The predicted octanol–water partition coefficient (Wildman–Crippen LogP) is 5.48. The first-order valence-corrected chi connectivity index (χ1v) is 10.6. The lowest BCUT2D eigenvalue weighted by Crippen LogP contribution is -2.56. The van der Waals surface area contributed by atoms with E-state index in [2.05, 4.69) is 32.9 Å². The highest BCUT2D eigenvalue weighted by atomic mass is 16.5. The average Bonchev–Trinajstić information content (AvgIpc) is 3.08. The number of hydrogen-bond acceptors (Lipinski definition) is 2. The largest absolute Gasteiger partial charge is 0.375 e. The van der Waals surface area contributed by atoms with Crippen molar-refractivity contribution in [1.82, 2.24) is 0 Å². The minimum absolute atomic E-state index is 0.0554. The predicted molar refractivity (Wildman–Crippen MR) is 101 cm³/mol. The maximum absolute atomic E-state index is 11.8. The Bertz CT molecular complexity index is 595. The van der Waals surface area contributed by atoms with E-state index in [1.165, 1.54) is 44.1 Å². The monoisotopic (exact) mass is 342 g/mol. The zero-order chi connectivity index (χ0) is 17.7. The first kappa shape index (κ1) is 17.5. The maximum Gasteiger partial charge on any atom is 0.155 e. The first-order chi connectivity index (χ1) is 12.0. The summed E-state index contributed by atoms with van der Waals surface area (Å²) >= 11 is 0. The van der Waals surface area contributed by atoms with Crippen LogP contribution < -0.4 is 0 Å². The molecule has 25 heavy (non-hydrogen) atoms. The Balaban J connectivity index is 1.71. The molecule has 0 unspecified atom stereocenters. The molecule has 6 atom stereocenters. The number of allylic oxidation sites excluding steroid dienone is 4. The van der Waals surface area contributed by atoms with Crippen molar-refractivity contribution < 1.29 is 9.53 Å². The van der Waals surface area contributed by atoms with Crippen LogP contribution in [0.2, 0.25) is 0 Å². The summed E-state index contributed by atoms with van der Waals surface area (Å²) in [6, 6.07) is 0. The van der Waals surface area contributed by atoms with Gasteiger partial charge in [-0.3, -0.25) is 4.79 Å². The van der Waals surface area contributed by atoms with Gasteiger partial charge in [-0.25, -0.2) is 0 Å². The molecule has 2 nitrogen and oxygen atoms in total. The standard InChI is InChI=1S/C23H34O2/c1-4-21-20-9-7-16-15-17(24)8-10-18(16)19(20)11-13-23(21,5-2)22(3)12-6-14-25-22/h7,9,15,18-21H,4-6,8,10-14H2,1-3H3/t18-,19+,20+,21-,22+,23-/m0/s1. The van der Waals surface area contributed by atoms with E-state index in [9.17, 15) is 4.79 Å². The van der Waals surface area contributed by atoms with Gasteiger partial charge in [0.25, 0.3) is 0 Å². The summed E-state index contributed by atoms with van der Waals surface area (Å²) < 4.78 is 6.43. The summed E-state index contributed by atoms with van der Waals surface area (Å²) in [4.78, 5) is 11.8. The molecule has 2 heteroatoms. The summed E-state index contributed by atoms with van der Waals surface area (Å²) in [6.45, 7) is 8.13. The summed E-state index contributed by atoms with van der Waals surface area (Å²) in [7, 11) is 0. The Morgan fingerprint density at radius 1 is 1.24 bits per heavy atom. The minimum Gasteiger partial charge on any atom is -0.375 e. The molecule has 0 radical (unpaired) electrons. The zero-order valence-corrected chi connectivity index (χ0v) is 16.2. The minimum atomic E-state index is 0.0554. The van der Waals surface area contributed by atoms with Gasteiger partial charge in [0.15, 0.2) is 5.78 Å². The van der Waals surface area contributed by atoms with Gasteiger partial charge in [0.05, 0.1) is 5.60 Å². The molecule has 1 saturated heterocycles. The molecule has 0 aromatic heterocycles. The lowest BCUT2D eigenvalue weighted by Gasteiger charge is -2.59. The topological polar surface area (TPSA) is 26.3 Å². The first-order valence-electron chi connectivity index (χ1n) is 10.6. The van der Waals surface area contributed by atoms with E-state index in [1.807, 2.05) is 6.08 Å². The van der Waals surface area contributed by atoms with Crippen LogP contribution in [0.25, 0.3) is 0 Å².